The number of halogens is 3. The van der Waals surface area contributed by atoms with Crippen molar-refractivity contribution in [2.75, 3.05) is 13.2 Å². The van der Waals surface area contributed by atoms with Crippen molar-refractivity contribution in [3.8, 4) is 5.88 Å². The van der Waals surface area contributed by atoms with E-state index in [0.717, 1.165) is 10.7 Å². The van der Waals surface area contributed by atoms with Crippen LogP contribution in [-0.4, -0.2) is 29.0 Å². The van der Waals surface area contributed by atoms with E-state index in [1.807, 2.05) is 0 Å². The van der Waals surface area contributed by atoms with Gasteiger partial charge in [-0.15, -0.1) is 0 Å². The molecule has 0 amide bonds. The van der Waals surface area contributed by atoms with E-state index in [0.29, 0.717) is 0 Å². The normalized spacial score (nSPS) is 11.4. The quantitative estimate of drug-likeness (QED) is 0.763. The van der Waals surface area contributed by atoms with E-state index in [-0.39, 0.29) is 19.1 Å². The predicted octanol–water partition coefficient (Wildman–Crippen LogP) is 1.86. The van der Waals surface area contributed by atoms with Gasteiger partial charge in [-0.1, -0.05) is 0 Å². The fraction of sp³-hybridized carbons (Fsp3) is 0.600. The molecule has 5 nitrogen and oxygen atoms in total. The molecule has 0 aliphatic rings. The summed E-state index contributed by atoms with van der Waals surface area (Å²) in [6.07, 6.45) is -4.58. The number of aromatic nitrogens is 2. The standard InChI is InChI=1S/C10H13F3N2O3/c1-3-17-8-5-7(10(11,12)13)14-15(8)6-9(16)18-4-2/h5H,3-4,6H2,1-2H3. The molecule has 0 N–H and O–H groups in total. The zero-order chi connectivity index (χ0) is 13.8. The Morgan fingerprint density at radius 2 is 2.06 bits per heavy atom. The largest absolute Gasteiger partial charge is 0.478 e. The van der Waals surface area contributed by atoms with Gasteiger partial charge in [-0.3, -0.25) is 4.79 Å². The summed E-state index contributed by atoms with van der Waals surface area (Å²) in [5.74, 6) is -0.784. The van der Waals surface area contributed by atoms with Crippen LogP contribution in [0.5, 0.6) is 5.88 Å². The topological polar surface area (TPSA) is 53.4 Å². The summed E-state index contributed by atoms with van der Waals surface area (Å²) in [4.78, 5) is 11.2. The summed E-state index contributed by atoms with van der Waals surface area (Å²) >= 11 is 0. The van der Waals surface area contributed by atoms with Gasteiger partial charge in [-0.05, 0) is 13.8 Å². The predicted molar refractivity (Wildman–Crippen MR) is 55.0 cm³/mol. The molecule has 0 saturated carbocycles. The summed E-state index contributed by atoms with van der Waals surface area (Å²) in [6, 6.07) is 0.753. The SMILES string of the molecule is CCOC(=O)Cn1nc(C(F)(F)F)cc1OCC. The van der Waals surface area contributed by atoms with Crippen molar-refractivity contribution in [1.82, 2.24) is 9.78 Å². The van der Waals surface area contributed by atoms with E-state index < -0.39 is 24.4 Å². The molecule has 1 heterocycles. The van der Waals surface area contributed by atoms with Crippen LogP contribution in [0.25, 0.3) is 0 Å². The zero-order valence-electron chi connectivity index (χ0n) is 9.95. The minimum Gasteiger partial charge on any atom is -0.478 e. The molecule has 0 spiro atoms. The molecule has 1 aromatic heterocycles. The highest BCUT2D eigenvalue weighted by Gasteiger charge is 2.35. The molecular formula is C10H13F3N2O3. The monoisotopic (exact) mass is 266 g/mol. The molecule has 0 aliphatic carbocycles. The first-order chi connectivity index (χ1) is 8.38. The zero-order valence-corrected chi connectivity index (χ0v) is 9.95. The third-order valence-electron chi connectivity index (χ3n) is 1.91. The number of hydrogen-bond acceptors (Lipinski definition) is 4. The Bertz CT molecular complexity index is 415. The number of carbonyl (C=O) groups is 1. The number of hydrogen-bond donors (Lipinski definition) is 0. The smallest absolute Gasteiger partial charge is 0.435 e. The lowest BCUT2D eigenvalue weighted by atomic mass is 10.4. The van der Waals surface area contributed by atoms with Crippen LogP contribution in [0.1, 0.15) is 19.5 Å². The van der Waals surface area contributed by atoms with Gasteiger partial charge in [0, 0.05) is 6.07 Å². The summed E-state index contributed by atoms with van der Waals surface area (Å²) in [5, 5.41) is 3.29. The van der Waals surface area contributed by atoms with Crippen LogP contribution in [0, 0.1) is 0 Å². The third kappa shape index (κ3) is 3.64. The molecule has 0 bridgehead atoms. The number of esters is 1. The Labute approximate surface area is 101 Å². The average Bonchev–Trinajstić information content (AvgIpc) is 2.62. The molecule has 8 heteroatoms. The van der Waals surface area contributed by atoms with E-state index >= 15 is 0 Å². The number of carbonyl (C=O) groups excluding carboxylic acids is 1. The molecule has 102 valence electrons. The molecule has 18 heavy (non-hydrogen) atoms. The summed E-state index contributed by atoms with van der Waals surface area (Å²) < 4.78 is 47.8. The van der Waals surface area contributed by atoms with Gasteiger partial charge in [0.15, 0.2) is 5.69 Å². The van der Waals surface area contributed by atoms with Gasteiger partial charge in [0.2, 0.25) is 5.88 Å². The summed E-state index contributed by atoms with van der Waals surface area (Å²) in [7, 11) is 0. The van der Waals surface area contributed by atoms with Gasteiger partial charge >= 0.3 is 12.1 Å². The molecule has 0 atom stereocenters. The van der Waals surface area contributed by atoms with Crippen molar-refractivity contribution < 1.29 is 27.4 Å². The molecule has 0 radical (unpaired) electrons. The van der Waals surface area contributed by atoms with Crippen LogP contribution in [-0.2, 0) is 22.3 Å². The van der Waals surface area contributed by atoms with Crippen molar-refractivity contribution in [2.24, 2.45) is 0 Å². The van der Waals surface area contributed by atoms with Crippen LogP contribution >= 0.6 is 0 Å². The molecule has 0 unspecified atom stereocenters. The summed E-state index contributed by atoms with van der Waals surface area (Å²) in [6.45, 7) is 3.13. The lowest BCUT2D eigenvalue weighted by Gasteiger charge is -2.06. The lowest BCUT2D eigenvalue weighted by Crippen LogP contribution is -2.16. The van der Waals surface area contributed by atoms with E-state index in [4.69, 9.17) is 4.74 Å². The van der Waals surface area contributed by atoms with Gasteiger partial charge in [0.1, 0.15) is 6.54 Å². The molecule has 1 aromatic rings. The van der Waals surface area contributed by atoms with Gasteiger partial charge in [0.25, 0.3) is 0 Å². The Morgan fingerprint density at radius 3 is 2.56 bits per heavy atom. The van der Waals surface area contributed by atoms with Gasteiger partial charge in [-0.25, -0.2) is 4.68 Å². The van der Waals surface area contributed by atoms with Crippen LogP contribution < -0.4 is 4.74 Å². The van der Waals surface area contributed by atoms with Crippen molar-refractivity contribution in [1.29, 1.82) is 0 Å². The number of ether oxygens (including phenoxy) is 2. The van der Waals surface area contributed by atoms with Gasteiger partial charge < -0.3 is 9.47 Å². The molecule has 0 aromatic carbocycles. The Kier molecular flexibility index (Phi) is 4.57. The molecule has 0 aliphatic heterocycles. The van der Waals surface area contributed by atoms with Crippen molar-refractivity contribution in [2.45, 2.75) is 26.6 Å². The third-order valence-corrected chi connectivity index (χ3v) is 1.91. The van der Waals surface area contributed by atoms with Crippen molar-refractivity contribution in [3.63, 3.8) is 0 Å². The fourth-order valence-corrected chi connectivity index (χ4v) is 1.24. The highest BCUT2D eigenvalue weighted by molar-refractivity contribution is 5.69. The van der Waals surface area contributed by atoms with Crippen molar-refractivity contribution >= 4 is 5.97 Å². The highest BCUT2D eigenvalue weighted by Crippen LogP contribution is 2.30. The number of nitrogens with zero attached hydrogens (tertiary/aromatic N) is 2. The maximum absolute atomic E-state index is 12.5. The van der Waals surface area contributed by atoms with E-state index in [1.165, 1.54) is 0 Å². The first-order valence-corrected chi connectivity index (χ1v) is 5.32. The number of rotatable bonds is 5. The van der Waals surface area contributed by atoms with Gasteiger partial charge in [0.05, 0.1) is 13.2 Å². The van der Waals surface area contributed by atoms with Crippen LogP contribution in [0.15, 0.2) is 6.07 Å². The molecule has 1 rings (SSSR count). The maximum Gasteiger partial charge on any atom is 0.435 e. The Morgan fingerprint density at radius 1 is 1.39 bits per heavy atom. The Hall–Kier alpha value is -1.73. The summed E-state index contributed by atoms with van der Waals surface area (Å²) in [5.41, 5.74) is -1.10. The maximum atomic E-state index is 12.5. The van der Waals surface area contributed by atoms with Gasteiger partial charge in [-0.2, -0.15) is 18.3 Å². The second-order valence-corrected chi connectivity index (χ2v) is 3.26. The fourth-order valence-electron chi connectivity index (χ4n) is 1.24. The van der Waals surface area contributed by atoms with Crippen LogP contribution in [0.2, 0.25) is 0 Å². The lowest BCUT2D eigenvalue weighted by molar-refractivity contribution is -0.146. The first-order valence-electron chi connectivity index (χ1n) is 5.32. The minimum absolute atomic E-state index is 0.113. The van der Waals surface area contributed by atoms with Crippen LogP contribution in [0.3, 0.4) is 0 Å². The molecule has 0 saturated heterocycles. The Balaban J connectivity index is 2.94. The number of alkyl halides is 3. The minimum atomic E-state index is -4.58. The van der Waals surface area contributed by atoms with E-state index in [9.17, 15) is 18.0 Å². The second-order valence-electron chi connectivity index (χ2n) is 3.26. The van der Waals surface area contributed by atoms with Crippen molar-refractivity contribution in [3.05, 3.63) is 11.8 Å². The second kappa shape index (κ2) is 5.74. The first kappa shape index (κ1) is 14.3. The van der Waals surface area contributed by atoms with Crippen LogP contribution in [0.4, 0.5) is 13.2 Å². The van der Waals surface area contributed by atoms with E-state index in [2.05, 4.69) is 9.84 Å². The highest BCUT2D eigenvalue weighted by atomic mass is 19.4. The average molecular weight is 266 g/mol. The molecule has 0 fully saturated rings. The molecular weight excluding hydrogens is 253 g/mol. The van der Waals surface area contributed by atoms with E-state index in [1.54, 1.807) is 13.8 Å².